The van der Waals surface area contributed by atoms with E-state index >= 15 is 0 Å². The first-order chi connectivity index (χ1) is 11.1. The lowest BCUT2D eigenvalue weighted by molar-refractivity contribution is -0.145. The van der Waals surface area contributed by atoms with Crippen molar-refractivity contribution in [2.45, 2.75) is 72.3 Å². The summed E-state index contributed by atoms with van der Waals surface area (Å²) in [6, 6.07) is 0. The summed E-state index contributed by atoms with van der Waals surface area (Å²) in [7, 11) is 0. The normalized spacial score (nSPS) is 47.2. The molecule has 0 saturated heterocycles. The second-order valence-electron chi connectivity index (χ2n) is 9.37. The van der Waals surface area contributed by atoms with Gasteiger partial charge in [0.05, 0.1) is 12.7 Å². The van der Waals surface area contributed by atoms with Crippen LogP contribution in [0.3, 0.4) is 0 Å². The molecule has 0 aromatic rings. The predicted octanol–water partition coefficient (Wildman–Crippen LogP) is 3.37. The lowest BCUT2D eigenvalue weighted by Gasteiger charge is -2.62. The van der Waals surface area contributed by atoms with Crippen LogP contribution in [0.4, 0.5) is 0 Å². The zero-order valence-corrected chi connectivity index (χ0v) is 15.4. The standard InChI is InChI=1S/C20H32O4/c1-12-17(24)14(22)9-15-19(12,3)6-5-13-10-18(2,16(23)11-21)7-8-20(13,15)4/h13,15-16,21,23-24H,5-11H2,1-4H3. The maximum atomic E-state index is 12.3. The molecule has 136 valence electrons. The van der Waals surface area contributed by atoms with Gasteiger partial charge < -0.3 is 15.3 Å². The molecule has 6 unspecified atom stereocenters. The zero-order valence-electron chi connectivity index (χ0n) is 15.4. The van der Waals surface area contributed by atoms with Gasteiger partial charge in [-0.3, -0.25) is 4.79 Å². The smallest absolute Gasteiger partial charge is 0.197 e. The number of allylic oxidation sites excluding steroid dienone is 2. The molecule has 3 aliphatic carbocycles. The lowest BCUT2D eigenvalue weighted by atomic mass is 9.42. The zero-order chi connectivity index (χ0) is 17.9. The van der Waals surface area contributed by atoms with Crippen molar-refractivity contribution in [3.8, 4) is 0 Å². The van der Waals surface area contributed by atoms with E-state index in [0.717, 1.165) is 37.7 Å². The minimum Gasteiger partial charge on any atom is -0.504 e. The van der Waals surface area contributed by atoms with E-state index in [1.807, 2.05) is 6.92 Å². The number of Topliss-reactive ketones (excluding diaryl/α,β-unsaturated/α-hetero) is 1. The van der Waals surface area contributed by atoms with Crippen LogP contribution >= 0.6 is 0 Å². The molecule has 3 N–H and O–H groups in total. The van der Waals surface area contributed by atoms with Crippen LogP contribution in [-0.4, -0.2) is 33.8 Å². The Balaban J connectivity index is 1.95. The number of aliphatic hydroxyl groups is 3. The van der Waals surface area contributed by atoms with Crippen LogP contribution in [0.15, 0.2) is 11.3 Å². The van der Waals surface area contributed by atoms with Gasteiger partial charge in [0, 0.05) is 6.42 Å². The Morgan fingerprint density at radius 3 is 2.50 bits per heavy atom. The number of hydrogen-bond donors (Lipinski definition) is 3. The Morgan fingerprint density at radius 1 is 1.21 bits per heavy atom. The van der Waals surface area contributed by atoms with Crippen molar-refractivity contribution in [1.29, 1.82) is 0 Å². The van der Waals surface area contributed by atoms with Crippen LogP contribution in [-0.2, 0) is 4.79 Å². The third-order valence-corrected chi connectivity index (χ3v) is 8.30. The van der Waals surface area contributed by atoms with E-state index in [4.69, 9.17) is 0 Å². The first-order valence-electron chi connectivity index (χ1n) is 9.31. The molecule has 0 amide bonds. The molecule has 0 bridgehead atoms. The fraction of sp³-hybridized carbons (Fsp3) is 0.850. The highest BCUT2D eigenvalue weighted by atomic mass is 16.3. The van der Waals surface area contributed by atoms with E-state index in [-0.39, 0.29) is 40.3 Å². The Kier molecular flexibility index (Phi) is 4.16. The van der Waals surface area contributed by atoms with Gasteiger partial charge in [0.15, 0.2) is 11.5 Å². The van der Waals surface area contributed by atoms with Crippen LogP contribution in [0, 0.1) is 28.1 Å². The van der Waals surface area contributed by atoms with Gasteiger partial charge >= 0.3 is 0 Å². The van der Waals surface area contributed by atoms with Crippen molar-refractivity contribution in [2.24, 2.45) is 28.1 Å². The number of carbonyl (C=O) groups is 1. The number of ketones is 1. The minimum atomic E-state index is -0.672. The summed E-state index contributed by atoms with van der Waals surface area (Å²) in [5.74, 6) is 0.590. The third-order valence-electron chi connectivity index (χ3n) is 8.30. The van der Waals surface area contributed by atoms with E-state index in [0.29, 0.717) is 12.3 Å². The highest BCUT2D eigenvalue weighted by Gasteiger charge is 2.60. The van der Waals surface area contributed by atoms with Gasteiger partial charge in [-0.1, -0.05) is 20.8 Å². The van der Waals surface area contributed by atoms with Crippen LogP contribution in [0.2, 0.25) is 0 Å². The molecule has 3 rings (SSSR count). The van der Waals surface area contributed by atoms with E-state index in [1.165, 1.54) is 0 Å². The lowest BCUT2D eigenvalue weighted by Crippen LogP contribution is -2.56. The number of hydrogen-bond acceptors (Lipinski definition) is 4. The van der Waals surface area contributed by atoms with Crippen molar-refractivity contribution in [3.63, 3.8) is 0 Å². The van der Waals surface area contributed by atoms with Gasteiger partial charge in [0.25, 0.3) is 0 Å². The molecule has 2 saturated carbocycles. The fourth-order valence-electron chi connectivity index (χ4n) is 6.12. The van der Waals surface area contributed by atoms with Crippen molar-refractivity contribution in [1.82, 2.24) is 0 Å². The molecule has 0 aliphatic heterocycles. The van der Waals surface area contributed by atoms with Crippen molar-refractivity contribution in [2.75, 3.05) is 6.61 Å². The summed E-state index contributed by atoms with van der Waals surface area (Å²) in [5.41, 5.74) is 0.580. The van der Waals surface area contributed by atoms with Crippen molar-refractivity contribution in [3.05, 3.63) is 11.3 Å². The number of aliphatic hydroxyl groups excluding tert-OH is 3. The van der Waals surface area contributed by atoms with Gasteiger partial charge in [-0.05, 0) is 72.7 Å². The summed E-state index contributed by atoms with van der Waals surface area (Å²) in [4.78, 5) is 12.3. The molecule has 0 aromatic heterocycles. The third kappa shape index (κ3) is 2.29. The van der Waals surface area contributed by atoms with E-state index < -0.39 is 6.10 Å². The van der Waals surface area contributed by atoms with Crippen molar-refractivity contribution >= 4 is 5.78 Å². The monoisotopic (exact) mass is 336 g/mol. The SMILES string of the molecule is CC1=C(O)C(=O)CC2C1(C)CCC1CC(C)(C(O)CO)CCC12C. The fourth-order valence-corrected chi connectivity index (χ4v) is 6.12. The predicted molar refractivity (Wildman–Crippen MR) is 92.4 cm³/mol. The molecule has 24 heavy (non-hydrogen) atoms. The Hall–Kier alpha value is -0.870. The van der Waals surface area contributed by atoms with Gasteiger partial charge in [0.2, 0.25) is 0 Å². The molecular weight excluding hydrogens is 304 g/mol. The van der Waals surface area contributed by atoms with Crippen molar-refractivity contribution < 1.29 is 20.1 Å². The van der Waals surface area contributed by atoms with Crippen LogP contribution in [0.1, 0.15) is 66.2 Å². The summed E-state index contributed by atoms with van der Waals surface area (Å²) in [5, 5.41) is 29.9. The number of carbonyl (C=O) groups excluding carboxylic acids is 1. The largest absolute Gasteiger partial charge is 0.504 e. The van der Waals surface area contributed by atoms with E-state index in [1.54, 1.807) is 0 Å². The molecule has 4 heteroatoms. The van der Waals surface area contributed by atoms with E-state index in [2.05, 4.69) is 20.8 Å². The average Bonchev–Trinajstić information content (AvgIpc) is 2.56. The van der Waals surface area contributed by atoms with Gasteiger partial charge in [-0.2, -0.15) is 0 Å². The molecule has 0 radical (unpaired) electrons. The first-order valence-corrected chi connectivity index (χ1v) is 9.31. The molecule has 6 atom stereocenters. The van der Waals surface area contributed by atoms with Crippen LogP contribution < -0.4 is 0 Å². The van der Waals surface area contributed by atoms with Gasteiger partial charge in [-0.25, -0.2) is 0 Å². The molecule has 0 heterocycles. The Labute approximate surface area is 145 Å². The van der Waals surface area contributed by atoms with E-state index in [9.17, 15) is 20.1 Å². The minimum absolute atomic E-state index is 0.00727. The maximum Gasteiger partial charge on any atom is 0.197 e. The Morgan fingerprint density at radius 2 is 1.88 bits per heavy atom. The second-order valence-corrected chi connectivity index (χ2v) is 9.37. The van der Waals surface area contributed by atoms with Gasteiger partial charge in [0.1, 0.15) is 0 Å². The number of fused-ring (bicyclic) bond motifs is 3. The molecule has 4 nitrogen and oxygen atoms in total. The molecular formula is C20H32O4. The summed E-state index contributed by atoms with van der Waals surface area (Å²) >= 11 is 0. The maximum absolute atomic E-state index is 12.3. The average molecular weight is 336 g/mol. The first kappa shape index (κ1) is 17.9. The highest BCUT2D eigenvalue weighted by Crippen LogP contribution is 2.66. The summed E-state index contributed by atoms with van der Waals surface area (Å²) in [6.45, 7) is 8.35. The molecule has 0 spiro atoms. The second kappa shape index (κ2) is 5.57. The quantitative estimate of drug-likeness (QED) is 0.722. The molecule has 3 aliphatic rings. The van der Waals surface area contributed by atoms with Gasteiger partial charge in [-0.15, -0.1) is 0 Å². The highest BCUT2D eigenvalue weighted by molar-refractivity contribution is 5.95. The van der Waals surface area contributed by atoms with Crippen LogP contribution in [0.5, 0.6) is 0 Å². The van der Waals surface area contributed by atoms with Crippen LogP contribution in [0.25, 0.3) is 0 Å². The topological polar surface area (TPSA) is 77.8 Å². The number of rotatable bonds is 2. The molecule has 2 fully saturated rings. The summed E-state index contributed by atoms with van der Waals surface area (Å²) in [6.07, 6.45) is 4.54. The summed E-state index contributed by atoms with van der Waals surface area (Å²) < 4.78 is 0. The molecule has 0 aromatic carbocycles. The Bertz CT molecular complexity index is 582.